The zero-order valence-corrected chi connectivity index (χ0v) is 9.98. The second-order valence-corrected chi connectivity index (χ2v) is 4.60. The van der Waals surface area contributed by atoms with Crippen LogP contribution in [0.4, 0.5) is 0 Å². The summed E-state index contributed by atoms with van der Waals surface area (Å²) in [5.41, 5.74) is 2.35. The quantitative estimate of drug-likeness (QED) is 0.499. The summed E-state index contributed by atoms with van der Waals surface area (Å²) in [5.74, 6) is 0. The molecule has 0 amide bonds. The Labute approximate surface area is 96.2 Å². The predicted octanol–water partition coefficient (Wildman–Crippen LogP) is 4.90. The maximum absolute atomic E-state index is 5.75. The summed E-state index contributed by atoms with van der Waals surface area (Å²) in [6.07, 6.45) is 4.99. The Bertz CT molecular complexity index is 252. The minimum atomic E-state index is -0.403. The highest BCUT2D eigenvalue weighted by atomic mass is 35.5. The van der Waals surface area contributed by atoms with E-state index < -0.39 is 4.84 Å². The number of hydrogen-bond donors (Lipinski definition) is 0. The van der Waals surface area contributed by atoms with Crippen molar-refractivity contribution in [3.8, 4) is 0 Å². The number of aryl methyl sites for hydroxylation is 1. The smallest absolute Gasteiger partial charge is 0.100 e. The lowest BCUT2D eigenvalue weighted by Gasteiger charge is -2.04. The van der Waals surface area contributed by atoms with Gasteiger partial charge in [-0.05, 0) is 24.0 Å². The van der Waals surface area contributed by atoms with Crippen LogP contribution in [0.25, 0.3) is 0 Å². The van der Waals surface area contributed by atoms with Crippen LogP contribution < -0.4 is 0 Å². The van der Waals surface area contributed by atoms with Gasteiger partial charge in [-0.15, -0.1) is 23.2 Å². The molecule has 0 aliphatic heterocycles. The molecule has 78 valence electrons. The zero-order chi connectivity index (χ0) is 10.4. The lowest BCUT2D eigenvalue weighted by molar-refractivity contribution is 0.717. The Morgan fingerprint density at radius 3 is 2.21 bits per heavy atom. The number of alkyl halides is 2. The SMILES string of the molecule is CCCCCc1ccc(C(Cl)Cl)cc1. The first-order chi connectivity index (χ1) is 6.74. The average Bonchev–Trinajstić information content (AvgIpc) is 2.19. The molecular weight excluding hydrogens is 215 g/mol. The summed E-state index contributed by atoms with van der Waals surface area (Å²) in [6, 6.07) is 8.24. The van der Waals surface area contributed by atoms with E-state index in [1.54, 1.807) is 0 Å². The van der Waals surface area contributed by atoms with Crippen molar-refractivity contribution in [1.82, 2.24) is 0 Å². The standard InChI is InChI=1S/C12H16Cl2/c1-2-3-4-5-10-6-8-11(9-7-10)12(13)14/h6-9,12H,2-5H2,1H3. The fourth-order valence-electron chi connectivity index (χ4n) is 1.41. The maximum Gasteiger partial charge on any atom is 0.132 e. The third-order valence-corrected chi connectivity index (χ3v) is 2.80. The highest BCUT2D eigenvalue weighted by Gasteiger charge is 2.01. The number of unbranched alkanes of at least 4 members (excludes halogenated alkanes) is 2. The van der Waals surface area contributed by atoms with Gasteiger partial charge in [-0.3, -0.25) is 0 Å². The molecule has 0 aliphatic rings. The lowest BCUT2D eigenvalue weighted by atomic mass is 10.1. The van der Waals surface area contributed by atoms with Crippen LogP contribution in [0.3, 0.4) is 0 Å². The van der Waals surface area contributed by atoms with E-state index in [4.69, 9.17) is 23.2 Å². The minimum absolute atomic E-state index is 0.403. The van der Waals surface area contributed by atoms with Crippen molar-refractivity contribution >= 4 is 23.2 Å². The van der Waals surface area contributed by atoms with Gasteiger partial charge in [0.15, 0.2) is 0 Å². The topological polar surface area (TPSA) is 0 Å². The van der Waals surface area contributed by atoms with E-state index in [0.717, 1.165) is 12.0 Å². The van der Waals surface area contributed by atoms with Crippen LogP contribution in [0, 0.1) is 0 Å². The monoisotopic (exact) mass is 230 g/mol. The molecule has 0 bridgehead atoms. The van der Waals surface area contributed by atoms with Gasteiger partial charge < -0.3 is 0 Å². The molecule has 0 heterocycles. The van der Waals surface area contributed by atoms with Crippen molar-refractivity contribution in [1.29, 1.82) is 0 Å². The van der Waals surface area contributed by atoms with Crippen LogP contribution >= 0.6 is 23.2 Å². The first-order valence-electron chi connectivity index (χ1n) is 5.11. The van der Waals surface area contributed by atoms with Gasteiger partial charge in [0, 0.05) is 0 Å². The van der Waals surface area contributed by atoms with Gasteiger partial charge in [-0.1, -0.05) is 44.0 Å². The third-order valence-electron chi connectivity index (χ3n) is 2.30. The van der Waals surface area contributed by atoms with E-state index in [-0.39, 0.29) is 0 Å². The van der Waals surface area contributed by atoms with Gasteiger partial charge in [0.25, 0.3) is 0 Å². The summed E-state index contributed by atoms with van der Waals surface area (Å²) in [6.45, 7) is 2.22. The van der Waals surface area contributed by atoms with Gasteiger partial charge in [0.2, 0.25) is 0 Å². The Morgan fingerprint density at radius 2 is 1.71 bits per heavy atom. The van der Waals surface area contributed by atoms with Crippen molar-refractivity contribution in [3.63, 3.8) is 0 Å². The van der Waals surface area contributed by atoms with Gasteiger partial charge in [0.1, 0.15) is 4.84 Å². The van der Waals surface area contributed by atoms with Crippen LogP contribution in [0.15, 0.2) is 24.3 Å². The lowest BCUT2D eigenvalue weighted by Crippen LogP contribution is -1.87. The van der Waals surface area contributed by atoms with E-state index in [2.05, 4.69) is 19.1 Å². The molecule has 0 fully saturated rings. The maximum atomic E-state index is 5.75. The van der Waals surface area contributed by atoms with Crippen molar-refractivity contribution < 1.29 is 0 Å². The highest BCUT2D eigenvalue weighted by Crippen LogP contribution is 2.24. The summed E-state index contributed by atoms with van der Waals surface area (Å²) in [5, 5.41) is 0. The molecule has 0 saturated carbocycles. The Morgan fingerprint density at radius 1 is 1.07 bits per heavy atom. The fraction of sp³-hybridized carbons (Fsp3) is 0.500. The molecule has 0 aliphatic carbocycles. The van der Waals surface area contributed by atoms with Crippen molar-refractivity contribution in [3.05, 3.63) is 35.4 Å². The van der Waals surface area contributed by atoms with Crippen LogP contribution in [0.5, 0.6) is 0 Å². The van der Waals surface area contributed by atoms with E-state index in [0.29, 0.717) is 0 Å². The van der Waals surface area contributed by atoms with Crippen LogP contribution in [0.1, 0.15) is 42.1 Å². The van der Waals surface area contributed by atoms with Gasteiger partial charge in [0.05, 0.1) is 0 Å². The summed E-state index contributed by atoms with van der Waals surface area (Å²) in [7, 11) is 0. The van der Waals surface area contributed by atoms with Crippen molar-refractivity contribution in [2.24, 2.45) is 0 Å². The molecule has 0 radical (unpaired) electrons. The molecule has 14 heavy (non-hydrogen) atoms. The van der Waals surface area contributed by atoms with E-state index >= 15 is 0 Å². The molecule has 0 aromatic heterocycles. The van der Waals surface area contributed by atoms with Gasteiger partial charge in [-0.25, -0.2) is 0 Å². The molecule has 1 aromatic carbocycles. The number of benzene rings is 1. The summed E-state index contributed by atoms with van der Waals surface area (Å²) < 4.78 is 0. The van der Waals surface area contributed by atoms with Crippen LogP contribution in [0.2, 0.25) is 0 Å². The Hall–Kier alpha value is -0.200. The summed E-state index contributed by atoms with van der Waals surface area (Å²) >= 11 is 11.5. The van der Waals surface area contributed by atoms with Gasteiger partial charge in [-0.2, -0.15) is 0 Å². The van der Waals surface area contributed by atoms with Crippen molar-refractivity contribution in [2.45, 2.75) is 37.4 Å². The molecule has 0 nitrogen and oxygen atoms in total. The van der Waals surface area contributed by atoms with Crippen molar-refractivity contribution in [2.75, 3.05) is 0 Å². The number of halogens is 2. The Kier molecular flexibility index (Phi) is 5.36. The van der Waals surface area contributed by atoms with Crippen LogP contribution in [-0.2, 0) is 6.42 Å². The molecule has 0 unspecified atom stereocenters. The van der Waals surface area contributed by atoms with E-state index in [1.165, 1.54) is 24.8 Å². The van der Waals surface area contributed by atoms with Crippen LogP contribution in [-0.4, -0.2) is 0 Å². The minimum Gasteiger partial charge on any atom is -0.100 e. The molecule has 0 spiro atoms. The first-order valence-corrected chi connectivity index (χ1v) is 5.98. The Balaban J connectivity index is 2.47. The normalized spacial score (nSPS) is 10.9. The third kappa shape index (κ3) is 3.89. The van der Waals surface area contributed by atoms with E-state index in [1.807, 2.05) is 12.1 Å². The molecule has 1 aromatic rings. The largest absolute Gasteiger partial charge is 0.132 e. The number of hydrogen-bond acceptors (Lipinski definition) is 0. The molecule has 2 heteroatoms. The average molecular weight is 231 g/mol. The molecule has 0 atom stereocenters. The predicted molar refractivity (Wildman–Crippen MR) is 64.1 cm³/mol. The van der Waals surface area contributed by atoms with Gasteiger partial charge >= 0.3 is 0 Å². The number of rotatable bonds is 5. The fourth-order valence-corrected chi connectivity index (χ4v) is 1.70. The second-order valence-electron chi connectivity index (χ2n) is 3.50. The molecule has 0 saturated heterocycles. The summed E-state index contributed by atoms with van der Waals surface area (Å²) in [4.78, 5) is -0.403. The highest BCUT2D eigenvalue weighted by molar-refractivity contribution is 6.44. The molecule has 1 rings (SSSR count). The van der Waals surface area contributed by atoms with E-state index in [9.17, 15) is 0 Å². The molecular formula is C12H16Cl2. The molecule has 0 N–H and O–H groups in total. The zero-order valence-electron chi connectivity index (χ0n) is 8.47. The second kappa shape index (κ2) is 6.31. The first kappa shape index (κ1) is 11.9.